The third-order valence-corrected chi connectivity index (χ3v) is 6.54. The number of hydrogen-bond donors (Lipinski definition) is 0. The highest BCUT2D eigenvalue weighted by Crippen LogP contribution is 2.37. The van der Waals surface area contributed by atoms with Gasteiger partial charge in [-0.25, -0.2) is 0 Å². The number of unbranched alkanes of at least 4 members (excludes halogenated alkanes) is 4. The van der Waals surface area contributed by atoms with Gasteiger partial charge in [-0.15, -0.1) is 0 Å². The summed E-state index contributed by atoms with van der Waals surface area (Å²) >= 11 is 0. The maximum atomic E-state index is 12.2. The van der Waals surface area contributed by atoms with Gasteiger partial charge in [-0.2, -0.15) is 8.78 Å². The normalized spacial score (nSPS) is 19.2. The lowest BCUT2D eigenvalue weighted by Gasteiger charge is -2.29. The van der Waals surface area contributed by atoms with Gasteiger partial charge in [0, 0.05) is 0 Å². The van der Waals surface area contributed by atoms with Crippen molar-refractivity contribution in [1.29, 1.82) is 0 Å². The molecule has 0 N–H and O–H groups in total. The van der Waals surface area contributed by atoms with E-state index in [1.54, 1.807) is 24.3 Å². The van der Waals surface area contributed by atoms with E-state index in [-0.39, 0.29) is 5.75 Å². The maximum Gasteiger partial charge on any atom is 0.387 e. The van der Waals surface area contributed by atoms with Crippen LogP contribution in [0.2, 0.25) is 0 Å². The number of alkyl halides is 2. The van der Waals surface area contributed by atoms with Gasteiger partial charge in [-0.3, -0.25) is 0 Å². The Balaban J connectivity index is 1.43. The Morgan fingerprint density at radius 1 is 0.806 bits per heavy atom. The van der Waals surface area contributed by atoms with E-state index < -0.39 is 6.61 Å². The first-order valence-corrected chi connectivity index (χ1v) is 12.0. The van der Waals surface area contributed by atoms with Gasteiger partial charge in [0.2, 0.25) is 0 Å². The van der Waals surface area contributed by atoms with E-state index >= 15 is 0 Å². The maximum absolute atomic E-state index is 12.2. The molecule has 1 aliphatic carbocycles. The summed E-state index contributed by atoms with van der Waals surface area (Å²) in [5, 5.41) is 0. The molecule has 0 aliphatic heterocycles. The first-order chi connectivity index (χ1) is 15.1. The zero-order valence-electron chi connectivity index (χ0n) is 18.7. The van der Waals surface area contributed by atoms with Crippen LogP contribution in [-0.2, 0) is 0 Å². The molecule has 0 atom stereocenters. The van der Waals surface area contributed by atoms with Crippen LogP contribution in [0.25, 0.3) is 12.2 Å². The van der Waals surface area contributed by atoms with E-state index in [2.05, 4.69) is 42.0 Å². The highest BCUT2D eigenvalue weighted by molar-refractivity contribution is 5.69. The van der Waals surface area contributed by atoms with Gasteiger partial charge in [0.05, 0.1) is 0 Å². The molecule has 2 aromatic rings. The van der Waals surface area contributed by atoms with Gasteiger partial charge in [0.15, 0.2) is 0 Å². The fraction of sp³-hybridized carbons (Fsp3) is 0.500. The van der Waals surface area contributed by atoms with Crippen molar-refractivity contribution in [2.24, 2.45) is 5.92 Å². The fourth-order valence-electron chi connectivity index (χ4n) is 4.65. The minimum absolute atomic E-state index is 0.183. The van der Waals surface area contributed by atoms with Crippen molar-refractivity contribution < 1.29 is 13.5 Å². The molecular formula is C28H36F2O. The smallest absolute Gasteiger partial charge is 0.387 e. The molecule has 3 heteroatoms. The lowest BCUT2D eigenvalue weighted by Crippen LogP contribution is -2.13. The Kier molecular flexibility index (Phi) is 9.58. The summed E-state index contributed by atoms with van der Waals surface area (Å²) in [6.07, 6.45) is 17.8. The molecule has 168 valence electrons. The van der Waals surface area contributed by atoms with Gasteiger partial charge in [0.1, 0.15) is 5.75 Å². The molecule has 0 heterocycles. The summed E-state index contributed by atoms with van der Waals surface area (Å²) in [6, 6.07) is 15.6. The zero-order chi connectivity index (χ0) is 21.9. The molecule has 0 radical (unpaired) electrons. The minimum atomic E-state index is -2.79. The predicted octanol–water partition coefficient (Wildman–Crippen LogP) is 9.09. The van der Waals surface area contributed by atoms with E-state index in [0.717, 1.165) is 17.0 Å². The monoisotopic (exact) mass is 426 g/mol. The van der Waals surface area contributed by atoms with E-state index in [9.17, 15) is 8.78 Å². The molecule has 1 aliphatic rings. The summed E-state index contributed by atoms with van der Waals surface area (Å²) < 4.78 is 28.8. The van der Waals surface area contributed by atoms with Crippen molar-refractivity contribution in [2.75, 3.05) is 0 Å². The van der Waals surface area contributed by atoms with Gasteiger partial charge in [0.25, 0.3) is 0 Å². The van der Waals surface area contributed by atoms with Crippen LogP contribution in [0, 0.1) is 5.92 Å². The molecule has 0 unspecified atom stereocenters. The topological polar surface area (TPSA) is 9.23 Å². The molecule has 1 nitrogen and oxygen atoms in total. The molecule has 0 aromatic heterocycles. The second-order valence-corrected chi connectivity index (χ2v) is 8.87. The van der Waals surface area contributed by atoms with Crippen LogP contribution in [-0.4, -0.2) is 6.61 Å². The molecule has 3 rings (SSSR count). The molecule has 0 bridgehead atoms. The van der Waals surface area contributed by atoms with Crippen molar-refractivity contribution in [3.8, 4) is 5.75 Å². The van der Waals surface area contributed by atoms with Crippen LogP contribution < -0.4 is 4.74 Å². The Labute approximate surface area is 186 Å². The Morgan fingerprint density at radius 3 is 1.97 bits per heavy atom. The van der Waals surface area contributed by atoms with Gasteiger partial charge >= 0.3 is 6.61 Å². The summed E-state index contributed by atoms with van der Waals surface area (Å²) in [5.74, 6) is 1.83. The third kappa shape index (κ3) is 8.12. The fourth-order valence-corrected chi connectivity index (χ4v) is 4.65. The average Bonchev–Trinajstić information content (AvgIpc) is 2.79. The van der Waals surface area contributed by atoms with Crippen LogP contribution in [0.5, 0.6) is 5.75 Å². The number of hydrogen-bond acceptors (Lipinski definition) is 1. The molecule has 2 aromatic carbocycles. The quantitative estimate of drug-likeness (QED) is 0.257. The predicted molar refractivity (Wildman–Crippen MR) is 127 cm³/mol. The Bertz CT molecular complexity index is 772. The average molecular weight is 427 g/mol. The highest BCUT2D eigenvalue weighted by atomic mass is 19.3. The summed E-state index contributed by atoms with van der Waals surface area (Å²) in [6.45, 7) is -0.509. The van der Waals surface area contributed by atoms with Crippen molar-refractivity contribution in [2.45, 2.75) is 83.7 Å². The van der Waals surface area contributed by atoms with Gasteiger partial charge in [-0.05, 0) is 66.3 Å². The SMILES string of the molecule is CCCCCCCC1CCC(c2ccc(C=Cc3ccc(OC(F)F)cc3)cc2)CC1. The van der Waals surface area contributed by atoms with Crippen LogP contribution in [0.4, 0.5) is 8.78 Å². The largest absolute Gasteiger partial charge is 0.435 e. The first-order valence-electron chi connectivity index (χ1n) is 12.0. The second kappa shape index (κ2) is 12.6. The molecule has 0 saturated heterocycles. The Morgan fingerprint density at radius 2 is 1.39 bits per heavy atom. The minimum Gasteiger partial charge on any atom is -0.435 e. The van der Waals surface area contributed by atoms with E-state index in [0.29, 0.717) is 5.92 Å². The standard InChI is InChI=1S/C28H36F2O/c1-2-3-4-5-6-7-22-10-16-25(17-11-22)26-18-12-23(13-19-26)8-9-24-14-20-27(21-15-24)31-28(29)30/h8-9,12-15,18-22,25,28H,2-7,10-11,16-17H2,1H3. The second-order valence-electron chi connectivity index (χ2n) is 8.87. The molecule has 31 heavy (non-hydrogen) atoms. The Hall–Kier alpha value is -2.16. The van der Waals surface area contributed by atoms with Crippen LogP contribution >= 0.6 is 0 Å². The molecule has 0 amide bonds. The third-order valence-electron chi connectivity index (χ3n) is 6.54. The molecule has 0 spiro atoms. The zero-order valence-corrected chi connectivity index (χ0v) is 18.7. The van der Waals surface area contributed by atoms with Crippen molar-refractivity contribution in [3.63, 3.8) is 0 Å². The van der Waals surface area contributed by atoms with Crippen LogP contribution in [0.15, 0.2) is 48.5 Å². The number of ether oxygens (including phenoxy) is 1. The summed E-state index contributed by atoms with van der Waals surface area (Å²) in [5.41, 5.74) is 3.57. The number of rotatable bonds is 11. The number of benzene rings is 2. The van der Waals surface area contributed by atoms with Crippen LogP contribution in [0.3, 0.4) is 0 Å². The highest BCUT2D eigenvalue weighted by Gasteiger charge is 2.21. The molecule has 1 saturated carbocycles. The van der Waals surface area contributed by atoms with Crippen molar-refractivity contribution in [3.05, 3.63) is 65.2 Å². The van der Waals surface area contributed by atoms with Gasteiger partial charge in [-0.1, -0.05) is 94.0 Å². The van der Waals surface area contributed by atoms with E-state index in [1.165, 1.54) is 69.8 Å². The van der Waals surface area contributed by atoms with E-state index in [1.807, 2.05) is 6.08 Å². The van der Waals surface area contributed by atoms with Crippen LogP contribution in [0.1, 0.15) is 93.7 Å². The van der Waals surface area contributed by atoms with Crippen molar-refractivity contribution >= 4 is 12.2 Å². The molecular weight excluding hydrogens is 390 g/mol. The first kappa shape index (κ1) is 23.5. The van der Waals surface area contributed by atoms with Crippen molar-refractivity contribution in [1.82, 2.24) is 0 Å². The van der Waals surface area contributed by atoms with Gasteiger partial charge < -0.3 is 4.74 Å². The molecule has 1 fully saturated rings. The van der Waals surface area contributed by atoms with E-state index in [4.69, 9.17) is 0 Å². The number of halogens is 2. The summed E-state index contributed by atoms with van der Waals surface area (Å²) in [7, 11) is 0. The summed E-state index contributed by atoms with van der Waals surface area (Å²) in [4.78, 5) is 0. The lowest BCUT2D eigenvalue weighted by molar-refractivity contribution is -0.0498. The lowest BCUT2D eigenvalue weighted by atomic mass is 9.77.